The molecule has 0 radical (unpaired) electrons. The average molecular weight is 353 g/mol. The SMILES string of the molecule is CNC(Cc1ccc(OC)nc1)Cc1cc(Br)ccc1F. The van der Waals surface area contributed by atoms with E-state index in [4.69, 9.17) is 4.74 Å². The molecule has 5 heteroatoms. The van der Waals surface area contributed by atoms with Crippen LogP contribution in [0.5, 0.6) is 5.88 Å². The molecule has 1 aromatic carbocycles. The molecular formula is C16H18BrFN2O. The Morgan fingerprint density at radius 2 is 2.10 bits per heavy atom. The largest absolute Gasteiger partial charge is 0.481 e. The van der Waals surface area contributed by atoms with Gasteiger partial charge in [0.2, 0.25) is 5.88 Å². The van der Waals surface area contributed by atoms with Gasteiger partial charge in [-0.25, -0.2) is 9.37 Å². The molecule has 2 aromatic rings. The summed E-state index contributed by atoms with van der Waals surface area (Å²) in [7, 11) is 3.48. The molecule has 0 bridgehead atoms. The normalized spacial score (nSPS) is 12.2. The number of pyridine rings is 1. The van der Waals surface area contributed by atoms with E-state index in [2.05, 4.69) is 26.2 Å². The van der Waals surface area contributed by atoms with Gasteiger partial charge >= 0.3 is 0 Å². The van der Waals surface area contributed by atoms with Crippen molar-refractivity contribution in [1.82, 2.24) is 10.3 Å². The fourth-order valence-corrected chi connectivity index (χ4v) is 2.59. The zero-order valence-electron chi connectivity index (χ0n) is 12.1. The molecule has 0 aliphatic carbocycles. The predicted molar refractivity (Wildman–Crippen MR) is 85.1 cm³/mol. The Hall–Kier alpha value is -1.46. The summed E-state index contributed by atoms with van der Waals surface area (Å²) in [5.41, 5.74) is 1.79. The molecular weight excluding hydrogens is 335 g/mol. The van der Waals surface area contributed by atoms with Crippen molar-refractivity contribution in [1.29, 1.82) is 0 Å². The Kier molecular flexibility index (Phi) is 5.70. The first-order valence-corrected chi connectivity index (χ1v) is 7.51. The molecule has 2 rings (SSSR count). The fourth-order valence-electron chi connectivity index (χ4n) is 2.18. The van der Waals surface area contributed by atoms with Crippen LogP contribution >= 0.6 is 15.9 Å². The van der Waals surface area contributed by atoms with Gasteiger partial charge in [0.25, 0.3) is 0 Å². The van der Waals surface area contributed by atoms with Crippen molar-refractivity contribution in [3.8, 4) is 5.88 Å². The minimum atomic E-state index is -0.175. The second kappa shape index (κ2) is 7.52. The highest BCUT2D eigenvalue weighted by molar-refractivity contribution is 9.10. The highest BCUT2D eigenvalue weighted by atomic mass is 79.9. The van der Waals surface area contributed by atoms with E-state index in [1.807, 2.05) is 25.2 Å². The molecule has 21 heavy (non-hydrogen) atoms. The van der Waals surface area contributed by atoms with Crippen LogP contribution in [-0.2, 0) is 12.8 Å². The summed E-state index contributed by atoms with van der Waals surface area (Å²) in [4.78, 5) is 4.19. The minimum Gasteiger partial charge on any atom is -0.481 e. The molecule has 1 heterocycles. The van der Waals surface area contributed by atoms with Crippen molar-refractivity contribution in [2.24, 2.45) is 0 Å². The summed E-state index contributed by atoms with van der Waals surface area (Å²) in [5.74, 6) is 0.420. The predicted octanol–water partition coefficient (Wildman–Crippen LogP) is 3.37. The first kappa shape index (κ1) is 15.9. The Morgan fingerprint density at radius 3 is 2.71 bits per heavy atom. The molecule has 0 saturated carbocycles. The number of rotatable bonds is 6. The third kappa shape index (κ3) is 4.51. The summed E-state index contributed by atoms with van der Waals surface area (Å²) in [5, 5.41) is 3.23. The lowest BCUT2D eigenvalue weighted by Crippen LogP contribution is -2.30. The fraction of sp³-hybridized carbons (Fsp3) is 0.312. The number of nitrogens with zero attached hydrogens (tertiary/aromatic N) is 1. The topological polar surface area (TPSA) is 34.1 Å². The number of halogens is 2. The third-order valence-corrected chi connectivity index (χ3v) is 3.86. The lowest BCUT2D eigenvalue weighted by molar-refractivity contribution is 0.397. The van der Waals surface area contributed by atoms with Crippen molar-refractivity contribution in [2.75, 3.05) is 14.2 Å². The molecule has 0 saturated heterocycles. The lowest BCUT2D eigenvalue weighted by Gasteiger charge is -2.17. The van der Waals surface area contributed by atoms with Crippen LogP contribution in [0.15, 0.2) is 41.0 Å². The standard InChI is InChI=1S/C16H18BrFN2O/c1-19-14(7-11-3-6-16(21-2)20-10-11)9-12-8-13(17)4-5-15(12)18/h3-6,8,10,14,19H,7,9H2,1-2H3. The zero-order valence-corrected chi connectivity index (χ0v) is 13.7. The van der Waals surface area contributed by atoms with Gasteiger partial charge in [-0.1, -0.05) is 22.0 Å². The Labute approximate surface area is 132 Å². The summed E-state index contributed by atoms with van der Waals surface area (Å²) in [6.45, 7) is 0. The van der Waals surface area contributed by atoms with Crippen LogP contribution in [0.1, 0.15) is 11.1 Å². The van der Waals surface area contributed by atoms with Crippen molar-refractivity contribution >= 4 is 15.9 Å². The van der Waals surface area contributed by atoms with Gasteiger partial charge in [-0.2, -0.15) is 0 Å². The van der Waals surface area contributed by atoms with Crippen molar-refractivity contribution in [3.63, 3.8) is 0 Å². The maximum Gasteiger partial charge on any atom is 0.212 e. The number of hydrogen-bond donors (Lipinski definition) is 1. The smallest absolute Gasteiger partial charge is 0.212 e. The number of hydrogen-bond acceptors (Lipinski definition) is 3. The van der Waals surface area contributed by atoms with Crippen LogP contribution in [0, 0.1) is 5.82 Å². The van der Waals surface area contributed by atoms with Crippen molar-refractivity contribution < 1.29 is 9.13 Å². The van der Waals surface area contributed by atoms with E-state index in [1.54, 1.807) is 19.4 Å². The van der Waals surface area contributed by atoms with Crippen LogP contribution in [-0.4, -0.2) is 25.2 Å². The Bertz CT molecular complexity index is 589. The van der Waals surface area contributed by atoms with Crippen LogP contribution in [0.25, 0.3) is 0 Å². The van der Waals surface area contributed by atoms with Gasteiger partial charge in [0.1, 0.15) is 5.82 Å². The molecule has 112 valence electrons. The maximum absolute atomic E-state index is 13.8. The van der Waals surface area contributed by atoms with E-state index >= 15 is 0 Å². The van der Waals surface area contributed by atoms with Gasteiger partial charge in [-0.15, -0.1) is 0 Å². The Balaban J connectivity index is 2.07. The van der Waals surface area contributed by atoms with E-state index in [9.17, 15) is 4.39 Å². The second-order valence-corrected chi connectivity index (χ2v) is 5.75. The summed E-state index contributed by atoms with van der Waals surface area (Å²) >= 11 is 3.38. The molecule has 0 spiro atoms. The Morgan fingerprint density at radius 1 is 1.29 bits per heavy atom. The monoisotopic (exact) mass is 352 g/mol. The minimum absolute atomic E-state index is 0.143. The molecule has 1 aromatic heterocycles. The van der Waals surface area contributed by atoms with Gasteiger partial charge in [0.15, 0.2) is 0 Å². The third-order valence-electron chi connectivity index (χ3n) is 3.37. The van der Waals surface area contributed by atoms with E-state index in [-0.39, 0.29) is 11.9 Å². The summed E-state index contributed by atoms with van der Waals surface area (Å²) in [6, 6.07) is 8.98. The first-order chi connectivity index (χ1) is 10.1. The van der Waals surface area contributed by atoms with E-state index in [0.717, 1.165) is 16.5 Å². The average Bonchev–Trinajstić information content (AvgIpc) is 2.51. The second-order valence-electron chi connectivity index (χ2n) is 4.84. The number of nitrogens with one attached hydrogen (secondary N) is 1. The van der Waals surface area contributed by atoms with Gasteiger partial charge < -0.3 is 10.1 Å². The van der Waals surface area contributed by atoms with Crippen LogP contribution < -0.4 is 10.1 Å². The quantitative estimate of drug-likeness (QED) is 0.865. The van der Waals surface area contributed by atoms with Gasteiger partial charge in [-0.05, 0) is 49.2 Å². The van der Waals surface area contributed by atoms with Crippen molar-refractivity contribution in [2.45, 2.75) is 18.9 Å². The number of ether oxygens (including phenoxy) is 1. The summed E-state index contributed by atoms with van der Waals surface area (Å²) in [6.07, 6.45) is 3.19. The van der Waals surface area contributed by atoms with Crippen molar-refractivity contribution in [3.05, 3.63) is 57.9 Å². The number of likely N-dealkylation sites (N-methyl/N-ethyl adjacent to an activating group) is 1. The molecule has 3 nitrogen and oxygen atoms in total. The number of methoxy groups -OCH3 is 1. The number of benzene rings is 1. The van der Waals surface area contributed by atoms with Gasteiger partial charge in [-0.3, -0.25) is 0 Å². The molecule has 0 aliphatic heterocycles. The molecule has 0 fully saturated rings. The summed E-state index contributed by atoms with van der Waals surface area (Å²) < 4.78 is 19.8. The molecule has 1 atom stereocenters. The molecule has 1 unspecified atom stereocenters. The van der Waals surface area contributed by atoms with Crippen LogP contribution in [0.3, 0.4) is 0 Å². The maximum atomic E-state index is 13.8. The van der Waals surface area contributed by atoms with Crippen LogP contribution in [0.2, 0.25) is 0 Å². The molecule has 0 aliphatic rings. The van der Waals surface area contributed by atoms with E-state index < -0.39 is 0 Å². The van der Waals surface area contributed by atoms with E-state index in [0.29, 0.717) is 17.9 Å². The lowest BCUT2D eigenvalue weighted by atomic mass is 9.99. The highest BCUT2D eigenvalue weighted by Gasteiger charge is 2.12. The van der Waals surface area contributed by atoms with Gasteiger partial charge in [0, 0.05) is 22.8 Å². The van der Waals surface area contributed by atoms with E-state index in [1.165, 1.54) is 6.07 Å². The zero-order chi connectivity index (χ0) is 15.2. The highest BCUT2D eigenvalue weighted by Crippen LogP contribution is 2.18. The molecule has 0 amide bonds. The first-order valence-electron chi connectivity index (χ1n) is 6.72. The molecule has 1 N–H and O–H groups in total. The van der Waals surface area contributed by atoms with Gasteiger partial charge in [0.05, 0.1) is 7.11 Å². The van der Waals surface area contributed by atoms with Crippen LogP contribution in [0.4, 0.5) is 4.39 Å². The number of aromatic nitrogens is 1.